The second-order valence-corrected chi connectivity index (χ2v) is 5.06. The van der Waals surface area contributed by atoms with Crippen LogP contribution < -0.4 is 10.1 Å². The van der Waals surface area contributed by atoms with Crippen LogP contribution in [0.25, 0.3) is 11.5 Å². The van der Waals surface area contributed by atoms with E-state index in [-0.39, 0.29) is 0 Å². The molecule has 0 saturated heterocycles. The Morgan fingerprint density at radius 2 is 2.14 bits per heavy atom. The summed E-state index contributed by atoms with van der Waals surface area (Å²) in [5, 5.41) is 11.5. The lowest BCUT2D eigenvalue weighted by atomic mass is 10.0. The summed E-state index contributed by atoms with van der Waals surface area (Å²) < 4.78 is 5.03. The number of hydrogen-bond acceptors (Lipinski definition) is 6. The van der Waals surface area contributed by atoms with Gasteiger partial charge in [-0.3, -0.25) is 0 Å². The molecule has 21 heavy (non-hydrogen) atoms. The van der Waals surface area contributed by atoms with Gasteiger partial charge in [0.2, 0.25) is 5.88 Å². The van der Waals surface area contributed by atoms with E-state index in [1.165, 1.54) is 5.56 Å². The minimum atomic E-state index is 0.493. The summed E-state index contributed by atoms with van der Waals surface area (Å²) in [6.45, 7) is 3.96. The molecular formula is C15H19N5O. The lowest BCUT2D eigenvalue weighted by molar-refractivity contribution is 0.392. The first kappa shape index (κ1) is 13.9. The van der Waals surface area contributed by atoms with E-state index < -0.39 is 0 Å². The van der Waals surface area contributed by atoms with Crippen molar-refractivity contribution in [2.75, 3.05) is 13.7 Å². The van der Waals surface area contributed by atoms with Crippen LogP contribution in [-0.4, -0.2) is 33.8 Å². The number of nitrogens with zero attached hydrogens (tertiary/aromatic N) is 4. The van der Waals surface area contributed by atoms with Gasteiger partial charge >= 0.3 is 0 Å². The Hall–Kier alpha value is -2.08. The SMILES string of the molecule is CCCc1nc(-c2ccc(OC)nn2)nc2c1CCNC2. The molecule has 2 aromatic rings. The molecule has 1 aliphatic heterocycles. The summed E-state index contributed by atoms with van der Waals surface area (Å²) in [4.78, 5) is 9.38. The third-order valence-corrected chi connectivity index (χ3v) is 3.59. The standard InChI is InChI=1S/C15H19N5O/c1-3-4-11-10-7-8-16-9-13(10)18-15(17-11)12-5-6-14(21-2)20-19-12/h5-6,16H,3-4,7-9H2,1-2H3. The van der Waals surface area contributed by atoms with E-state index in [0.29, 0.717) is 17.4 Å². The van der Waals surface area contributed by atoms with Gasteiger partial charge in [0.25, 0.3) is 0 Å². The maximum atomic E-state index is 5.03. The van der Waals surface area contributed by atoms with Crippen molar-refractivity contribution in [2.24, 2.45) is 0 Å². The summed E-state index contributed by atoms with van der Waals surface area (Å²) in [7, 11) is 1.57. The van der Waals surface area contributed by atoms with Gasteiger partial charge in [0.05, 0.1) is 12.8 Å². The Kier molecular flexibility index (Phi) is 4.06. The van der Waals surface area contributed by atoms with Crippen molar-refractivity contribution < 1.29 is 4.74 Å². The number of aryl methyl sites for hydroxylation is 1. The molecule has 0 unspecified atom stereocenters. The Balaban J connectivity index is 2.03. The molecule has 0 spiro atoms. The van der Waals surface area contributed by atoms with Crippen molar-refractivity contribution in [3.05, 3.63) is 29.1 Å². The first-order valence-electron chi connectivity index (χ1n) is 7.29. The van der Waals surface area contributed by atoms with Crippen LogP contribution in [0.1, 0.15) is 30.3 Å². The van der Waals surface area contributed by atoms with E-state index >= 15 is 0 Å². The fourth-order valence-electron chi connectivity index (χ4n) is 2.54. The Labute approximate surface area is 124 Å². The number of ether oxygens (including phenoxy) is 1. The monoisotopic (exact) mass is 285 g/mol. The van der Waals surface area contributed by atoms with Crippen molar-refractivity contribution in [1.82, 2.24) is 25.5 Å². The Morgan fingerprint density at radius 3 is 2.86 bits per heavy atom. The molecule has 2 aromatic heterocycles. The highest BCUT2D eigenvalue weighted by molar-refractivity contribution is 5.50. The molecule has 0 aromatic carbocycles. The summed E-state index contributed by atoms with van der Waals surface area (Å²) in [6, 6.07) is 3.63. The zero-order chi connectivity index (χ0) is 14.7. The van der Waals surface area contributed by atoms with E-state index in [4.69, 9.17) is 9.72 Å². The van der Waals surface area contributed by atoms with Crippen LogP contribution in [-0.2, 0) is 19.4 Å². The number of rotatable bonds is 4. The number of aromatic nitrogens is 4. The van der Waals surface area contributed by atoms with Crippen LogP contribution >= 0.6 is 0 Å². The fraction of sp³-hybridized carbons (Fsp3) is 0.467. The molecule has 1 aliphatic rings. The minimum Gasteiger partial charge on any atom is -0.480 e. The quantitative estimate of drug-likeness (QED) is 0.918. The van der Waals surface area contributed by atoms with Gasteiger partial charge in [-0.05, 0) is 31.0 Å². The second-order valence-electron chi connectivity index (χ2n) is 5.06. The highest BCUT2D eigenvalue weighted by Crippen LogP contribution is 2.21. The third kappa shape index (κ3) is 2.85. The molecular weight excluding hydrogens is 266 g/mol. The van der Waals surface area contributed by atoms with E-state index in [9.17, 15) is 0 Å². The highest BCUT2D eigenvalue weighted by Gasteiger charge is 2.18. The molecule has 3 heterocycles. The summed E-state index contributed by atoms with van der Waals surface area (Å²) in [5.41, 5.74) is 4.23. The zero-order valence-corrected chi connectivity index (χ0v) is 12.4. The van der Waals surface area contributed by atoms with Gasteiger partial charge in [-0.2, -0.15) is 0 Å². The van der Waals surface area contributed by atoms with Gasteiger partial charge in [0.1, 0.15) is 5.69 Å². The van der Waals surface area contributed by atoms with Crippen LogP contribution in [0.3, 0.4) is 0 Å². The van der Waals surface area contributed by atoms with Crippen LogP contribution in [0.2, 0.25) is 0 Å². The van der Waals surface area contributed by atoms with E-state index in [1.54, 1.807) is 13.2 Å². The van der Waals surface area contributed by atoms with Gasteiger partial charge in [-0.1, -0.05) is 13.3 Å². The normalized spacial score (nSPS) is 13.8. The summed E-state index contributed by atoms with van der Waals surface area (Å²) >= 11 is 0. The molecule has 0 atom stereocenters. The third-order valence-electron chi connectivity index (χ3n) is 3.59. The molecule has 0 aliphatic carbocycles. The minimum absolute atomic E-state index is 0.493. The first-order valence-corrected chi connectivity index (χ1v) is 7.29. The van der Waals surface area contributed by atoms with Crippen molar-refractivity contribution in [2.45, 2.75) is 32.7 Å². The van der Waals surface area contributed by atoms with Gasteiger partial charge in [-0.25, -0.2) is 9.97 Å². The number of fused-ring (bicyclic) bond motifs is 1. The molecule has 0 saturated carbocycles. The molecule has 6 nitrogen and oxygen atoms in total. The predicted molar refractivity (Wildman–Crippen MR) is 79.0 cm³/mol. The lowest BCUT2D eigenvalue weighted by Gasteiger charge is -2.19. The fourth-order valence-corrected chi connectivity index (χ4v) is 2.54. The molecule has 0 bridgehead atoms. The summed E-state index contributed by atoms with van der Waals surface area (Å²) in [5.74, 6) is 1.14. The highest BCUT2D eigenvalue weighted by atomic mass is 16.5. The number of methoxy groups -OCH3 is 1. The van der Waals surface area contributed by atoms with E-state index in [2.05, 4.69) is 27.4 Å². The maximum absolute atomic E-state index is 5.03. The van der Waals surface area contributed by atoms with Gasteiger partial charge < -0.3 is 10.1 Å². The molecule has 0 amide bonds. The van der Waals surface area contributed by atoms with Crippen LogP contribution in [0.4, 0.5) is 0 Å². The maximum Gasteiger partial charge on any atom is 0.233 e. The van der Waals surface area contributed by atoms with Crippen molar-refractivity contribution in [1.29, 1.82) is 0 Å². The first-order chi connectivity index (χ1) is 10.3. The molecule has 0 radical (unpaired) electrons. The Bertz CT molecular complexity index is 627. The topological polar surface area (TPSA) is 72.8 Å². The molecule has 1 N–H and O–H groups in total. The zero-order valence-electron chi connectivity index (χ0n) is 12.4. The van der Waals surface area contributed by atoms with Crippen molar-refractivity contribution in [3.63, 3.8) is 0 Å². The largest absolute Gasteiger partial charge is 0.480 e. The Morgan fingerprint density at radius 1 is 1.24 bits per heavy atom. The second kappa shape index (κ2) is 6.13. The van der Waals surface area contributed by atoms with Gasteiger partial charge in [-0.15, -0.1) is 10.2 Å². The van der Waals surface area contributed by atoms with E-state index in [0.717, 1.165) is 43.7 Å². The van der Waals surface area contributed by atoms with Crippen LogP contribution in [0.5, 0.6) is 5.88 Å². The summed E-state index contributed by atoms with van der Waals surface area (Å²) in [6.07, 6.45) is 3.05. The molecule has 3 rings (SSSR count). The predicted octanol–water partition coefficient (Wildman–Crippen LogP) is 1.54. The smallest absolute Gasteiger partial charge is 0.233 e. The van der Waals surface area contributed by atoms with E-state index in [1.807, 2.05) is 6.07 Å². The average molecular weight is 285 g/mol. The molecule has 110 valence electrons. The van der Waals surface area contributed by atoms with Gasteiger partial charge in [0, 0.05) is 18.3 Å². The number of hydrogen-bond donors (Lipinski definition) is 1. The van der Waals surface area contributed by atoms with Gasteiger partial charge in [0.15, 0.2) is 5.82 Å². The average Bonchev–Trinajstić information content (AvgIpc) is 2.55. The van der Waals surface area contributed by atoms with Crippen molar-refractivity contribution >= 4 is 0 Å². The molecule has 6 heteroatoms. The van der Waals surface area contributed by atoms with Crippen LogP contribution in [0.15, 0.2) is 12.1 Å². The lowest BCUT2D eigenvalue weighted by Crippen LogP contribution is -2.26. The number of nitrogens with one attached hydrogen (secondary N) is 1. The van der Waals surface area contributed by atoms with Crippen LogP contribution in [0, 0.1) is 0 Å². The van der Waals surface area contributed by atoms with Crippen molar-refractivity contribution in [3.8, 4) is 17.4 Å². The molecule has 0 fully saturated rings.